The van der Waals surface area contributed by atoms with Crippen LogP contribution in [0, 0.1) is 12.3 Å². The van der Waals surface area contributed by atoms with Gasteiger partial charge in [-0.2, -0.15) is 10.1 Å². The van der Waals surface area contributed by atoms with Gasteiger partial charge in [0.1, 0.15) is 17.9 Å². The SMILES string of the molecule is COc1cc(N2CCC3(CC2)CN(C)C3)c(C)cc1Nc1ncc(Cl)c(Nc2ccc3cnn(C)c3c2P(C)(C)=O)n1. The van der Waals surface area contributed by atoms with Crippen molar-refractivity contribution in [2.24, 2.45) is 12.5 Å². The molecule has 2 aliphatic heterocycles. The molecule has 0 unspecified atom stereocenters. The fourth-order valence-electron chi connectivity index (χ4n) is 6.58. The van der Waals surface area contributed by atoms with Gasteiger partial charge in [-0.1, -0.05) is 11.6 Å². The maximum absolute atomic E-state index is 13.4. The Bertz CT molecular complexity index is 1700. The molecule has 2 fully saturated rings. The number of likely N-dealkylation sites (tertiary alicyclic amines) is 1. The number of ether oxygens (including phenoxy) is 1. The number of nitrogens with zero attached hydrogens (tertiary/aromatic N) is 6. The third-order valence-corrected chi connectivity index (χ3v) is 10.4. The van der Waals surface area contributed by atoms with Crippen LogP contribution in [0.2, 0.25) is 5.02 Å². The van der Waals surface area contributed by atoms with Crippen molar-refractivity contribution in [1.82, 2.24) is 24.6 Å². The number of piperidine rings is 1. The molecule has 2 aliphatic rings. The van der Waals surface area contributed by atoms with E-state index >= 15 is 0 Å². The first-order chi connectivity index (χ1) is 20.0. The molecule has 42 heavy (non-hydrogen) atoms. The lowest BCUT2D eigenvalue weighted by atomic mass is 9.72. The maximum Gasteiger partial charge on any atom is 0.229 e. The zero-order chi connectivity index (χ0) is 29.8. The van der Waals surface area contributed by atoms with Crippen LogP contribution in [0.1, 0.15) is 18.4 Å². The summed E-state index contributed by atoms with van der Waals surface area (Å²) in [4.78, 5) is 14.0. The fourth-order valence-corrected chi connectivity index (χ4v) is 8.21. The van der Waals surface area contributed by atoms with Crippen LogP contribution in [-0.4, -0.2) is 78.3 Å². The van der Waals surface area contributed by atoms with Gasteiger partial charge in [0.05, 0.1) is 41.7 Å². The number of hydrogen-bond acceptors (Lipinski definition) is 9. The van der Waals surface area contributed by atoms with Crippen LogP contribution in [0.25, 0.3) is 10.9 Å². The van der Waals surface area contributed by atoms with Gasteiger partial charge >= 0.3 is 0 Å². The Morgan fingerprint density at radius 3 is 2.45 bits per heavy atom. The Kier molecular flexibility index (Phi) is 7.36. The zero-order valence-electron chi connectivity index (χ0n) is 25.0. The minimum absolute atomic E-state index is 0.345. The van der Waals surface area contributed by atoms with Crippen molar-refractivity contribution in [3.8, 4) is 5.75 Å². The first-order valence-corrected chi connectivity index (χ1v) is 17.1. The molecule has 2 aromatic carbocycles. The smallest absolute Gasteiger partial charge is 0.229 e. The minimum Gasteiger partial charge on any atom is -0.494 e. The molecule has 0 atom stereocenters. The van der Waals surface area contributed by atoms with Crippen LogP contribution in [0.5, 0.6) is 5.75 Å². The normalized spacial score (nSPS) is 17.0. The molecule has 0 radical (unpaired) electrons. The minimum atomic E-state index is -2.70. The van der Waals surface area contributed by atoms with Crippen molar-refractivity contribution in [3.63, 3.8) is 0 Å². The predicted octanol–water partition coefficient (Wildman–Crippen LogP) is 5.60. The van der Waals surface area contributed by atoms with Gasteiger partial charge in [0.25, 0.3) is 0 Å². The molecule has 2 N–H and O–H groups in total. The molecule has 0 bridgehead atoms. The lowest BCUT2D eigenvalue weighted by Crippen LogP contribution is -2.58. The van der Waals surface area contributed by atoms with Crippen molar-refractivity contribution in [2.75, 3.05) is 69.2 Å². The predicted molar refractivity (Wildman–Crippen MR) is 173 cm³/mol. The van der Waals surface area contributed by atoms with Gasteiger partial charge in [-0.25, -0.2) is 4.98 Å². The third kappa shape index (κ3) is 5.32. The van der Waals surface area contributed by atoms with Crippen LogP contribution in [-0.2, 0) is 11.6 Å². The molecular weight excluding hydrogens is 571 g/mol. The molecule has 0 saturated carbocycles. The summed E-state index contributed by atoms with van der Waals surface area (Å²) in [5, 5.41) is 13.0. The molecule has 10 nitrogen and oxygen atoms in total. The molecule has 4 heterocycles. The molecule has 1 spiro atoms. The number of rotatable bonds is 7. The molecule has 2 aromatic heterocycles. The summed E-state index contributed by atoms with van der Waals surface area (Å²) in [6.07, 6.45) is 5.75. The summed E-state index contributed by atoms with van der Waals surface area (Å²) in [5.41, 5.74) is 5.10. The third-order valence-electron chi connectivity index (χ3n) is 8.55. The number of aromatic nitrogens is 4. The molecule has 12 heteroatoms. The first kappa shape index (κ1) is 28.8. The zero-order valence-corrected chi connectivity index (χ0v) is 26.7. The highest BCUT2D eigenvalue weighted by atomic mass is 35.5. The Labute approximate surface area is 251 Å². The summed E-state index contributed by atoms with van der Waals surface area (Å²) < 4.78 is 21.0. The van der Waals surface area contributed by atoms with Crippen molar-refractivity contribution in [1.29, 1.82) is 0 Å². The van der Waals surface area contributed by atoms with Gasteiger partial charge in [0.2, 0.25) is 5.95 Å². The number of nitrogens with one attached hydrogen (secondary N) is 2. The van der Waals surface area contributed by atoms with Gasteiger partial charge in [0, 0.05) is 50.4 Å². The number of benzene rings is 2. The maximum atomic E-state index is 13.4. The molecule has 4 aromatic rings. The van der Waals surface area contributed by atoms with E-state index in [4.69, 9.17) is 16.3 Å². The van der Waals surface area contributed by atoms with E-state index in [1.54, 1.807) is 37.5 Å². The average molecular weight is 609 g/mol. The lowest BCUT2D eigenvalue weighted by Gasteiger charge is -2.53. The fraction of sp³-hybridized carbons (Fsp3) is 0.433. The Morgan fingerprint density at radius 2 is 1.79 bits per heavy atom. The van der Waals surface area contributed by atoms with Gasteiger partial charge in [0.15, 0.2) is 5.82 Å². The van der Waals surface area contributed by atoms with E-state index in [9.17, 15) is 4.57 Å². The van der Waals surface area contributed by atoms with Crippen molar-refractivity contribution >= 4 is 63.8 Å². The average Bonchev–Trinajstić information content (AvgIpc) is 3.30. The summed E-state index contributed by atoms with van der Waals surface area (Å²) >= 11 is 6.54. The highest BCUT2D eigenvalue weighted by Gasteiger charge is 2.43. The van der Waals surface area contributed by atoms with E-state index < -0.39 is 7.14 Å². The van der Waals surface area contributed by atoms with Crippen LogP contribution in [0.15, 0.2) is 36.7 Å². The summed E-state index contributed by atoms with van der Waals surface area (Å²) in [7, 11) is 3.02. The largest absolute Gasteiger partial charge is 0.494 e. The van der Waals surface area contributed by atoms with Gasteiger partial charge in [-0.15, -0.1) is 0 Å². The van der Waals surface area contributed by atoms with Crippen LogP contribution in [0.3, 0.4) is 0 Å². The number of anilines is 5. The topological polar surface area (TPSA) is 100 Å². The van der Waals surface area contributed by atoms with Crippen LogP contribution >= 0.6 is 18.7 Å². The monoisotopic (exact) mass is 608 g/mol. The van der Waals surface area contributed by atoms with E-state index in [1.807, 2.05) is 19.2 Å². The second kappa shape index (κ2) is 10.7. The quantitative estimate of drug-likeness (QED) is 0.260. The highest BCUT2D eigenvalue weighted by Crippen LogP contribution is 2.44. The Hall–Kier alpha value is -3.33. The van der Waals surface area contributed by atoms with Crippen molar-refractivity contribution < 1.29 is 9.30 Å². The van der Waals surface area contributed by atoms with E-state index in [1.165, 1.54) is 31.6 Å². The van der Waals surface area contributed by atoms with E-state index in [-0.39, 0.29) is 0 Å². The summed E-state index contributed by atoms with van der Waals surface area (Å²) in [6.45, 7) is 10.1. The highest BCUT2D eigenvalue weighted by molar-refractivity contribution is 7.71. The Balaban J connectivity index is 1.26. The molecule has 222 valence electrons. The number of fused-ring (bicyclic) bond motifs is 1. The molecule has 6 rings (SSSR count). The second-order valence-electron chi connectivity index (χ2n) is 12.2. The van der Waals surface area contributed by atoms with Gasteiger partial charge in [-0.3, -0.25) is 4.68 Å². The molecule has 0 amide bonds. The summed E-state index contributed by atoms with van der Waals surface area (Å²) in [6, 6.07) is 8.02. The number of hydrogen-bond donors (Lipinski definition) is 2. The number of halogens is 1. The molecule has 2 saturated heterocycles. The summed E-state index contributed by atoms with van der Waals surface area (Å²) in [5.74, 6) is 1.48. The second-order valence-corrected chi connectivity index (χ2v) is 15.7. The Morgan fingerprint density at radius 1 is 1.05 bits per heavy atom. The number of methoxy groups -OCH3 is 1. The van der Waals surface area contributed by atoms with Gasteiger partial charge < -0.3 is 29.7 Å². The van der Waals surface area contributed by atoms with Crippen molar-refractivity contribution in [3.05, 3.63) is 47.2 Å². The van der Waals surface area contributed by atoms with E-state index in [2.05, 4.69) is 61.6 Å². The van der Waals surface area contributed by atoms with Crippen LogP contribution in [0.4, 0.5) is 28.8 Å². The first-order valence-electron chi connectivity index (χ1n) is 14.2. The molecular formula is C30H38ClN8O2P. The van der Waals surface area contributed by atoms with Crippen molar-refractivity contribution in [2.45, 2.75) is 19.8 Å². The number of aryl methyl sites for hydroxylation is 2. The van der Waals surface area contributed by atoms with Gasteiger partial charge in [-0.05, 0) is 69.3 Å². The standard InChI is InChI=1S/C30H38ClN8O2P/c1-19-13-23(25(41-4)14-24(19)39-11-9-30(10-12-39)17-37(2)18-30)35-29-32-16-21(31)28(36-29)34-22-8-7-20-15-33-38(3)26(20)27(22)42(5,6)40/h7-8,13-16H,9-12,17-18H2,1-6H3,(H2,32,34,35,36). The van der Waals surface area contributed by atoms with E-state index in [0.29, 0.717) is 38.9 Å². The lowest BCUT2D eigenvalue weighted by molar-refractivity contribution is 0.00130. The van der Waals surface area contributed by atoms with Crippen LogP contribution < -0.4 is 25.6 Å². The molecule has 0 aliphatic carbocycles. The van der Waals surface area contributed by atoms with E-state index in [0.717, 1.165) is 35.2 Å².